The van der Waals surface area contributed by atoms with Gasteiger partial charge in [0.15, 0.2) is 5.16 Å². The second-order valence-corrected chi connectivity index (χ2v) is 7.30. The number of hydrogen-bond acceptors (Lipinski definition) is 4. The molecule has 4 nitrogen and oxygen atoms in total. The maximum absolute atomic E-state index is 13.0. The van der Waals surface area contributed by atoms with E-state index in [1.165, 1.54) is 11.8 Å². The first-order valence-electron chi connectivity index (χ1n) is 7.70. The largest absolute Gasteiger partial charge is 0.385 e. The van der Waals surface area contributed by atoms with Gasteiger partial charge in [0.25, 0.3) is 5.56 Å². The Balaban J connectivity index is 2.13. The van der Waals surface area contributed by atoms with Gasteiger partial charge < -0.3 is 4.74 Å². The quantitative estimate of drug-likeness (QED) is 0.341. The summed E-state index contributed by atoms with van der Waals surface area (Å²) in [6.45, 7) is 0.664. The molecule has 130 valence electrons. The van der Waals surface area contributed by atoms with Crippen LogP contribution in [-0.4, -0.2) is 29.0 Å². The number of thioether (sulfide) groups is 1. The summed E-state index contributed by atoms with van der Waals surface area (Å²) in [6, 6.07) is 12.3. The highest BCUT2D eigenvalue weighted by Gasteiger charge is 2.13. The molecule has 0 radical (unpaired) electrons. The molecule has 0 saturated carbocycles. The lowest BCUT2D eigenvalue weighted by Crippen LogP contribution is -2.21. The highest BCUT2D eigenvalue weighted by molar-refractivity contribution is 7.99. The number of aromatic nitrogens is 2. The summed E-state index contributed by atoms with van der Waals surface area (Å²) >= 11 is 13.5. The molecule has 0 N–H and O–H groups in total. The van der Waals surface area contributed by atoms with Crippen LogP contribution in [0.2, 0.25) is 10.0 Å². The molecular weight excluding hydrogens is 379 g/mol. The third-order valence-corrected chi connectivity index (χ3v) is 5.12. The summed E-state index contributed by atoms with van der Waals surface area (Å²) in [6.07, 6.45) is 0.866. The maximum atomic E-state index is 13.0. The molecule has 0 aliphatic rings. The Hall–Kier alpha value is -1.53. The zero-order valence-electron chi connectivity index (χ0n) is 13.5. The van der Waals surface area contributed by atoms with Gasteiger partial charge in [-0.05, 0) is 48.9 Å². The average Bonchev–Trinajstić information content (AvgIpc) is 2.60. The summed E-state index contributed by atoms with van der Waals surface area (Å²) in [5.74, 6) is 0.792. The van der Waals surface area contributed by atoms with Crippen molar-refractivity contribution in [1.29, 1.82) is 0 Å². The van der Waals surface area contributed by atoms with Crippen molar-refractivity contribution in [2.24, 2.45) is 0 Å². The van der Waals surface area contributed by atoms with E-state index >= 15 is 0 Å². The highest BCUT2D eigenvalue weighted by Crippen LogP contribution is 2.24. The minimum absolute atomic E-state index is 0.127. The molecule has 0 saturated heterocycles. The molecule has 0 spiro atoms. The number of fused-ring (bicyclic) bond motifs is 1. The molecule has 1 aromatic heterocycles. The molecule has 0 aliphatic heterocycles. The van der Waals surface area contributed by atoms with Crippen molar-refractivity contribution in [3.63, 3.8) is 0 Å². The van der Waals surface area contributed by atoms with Crippen LogP contribution >= 0.6 is 35.0 Å². The maximum Gasteiger partial charge on any atom is 0.266 e. The van der Waals surface area contributed by atoms with Crippen molar-refractivity contribution in [3.8, 4) is 5.69 Å². The third-order valence-electron chi connectivity index (χ3n) is 3.61. The van der Waals surface area contributed by atoms with Gasteiger partial charge in [-0.2, -0.15) is 0 Å². The van der Waals surface area contributed by atoms with Crippen LogP contribution in [0.1, 0.15) is 6.42 Å². The van der Waals surface area contributed by atoms with Gasteiger partial charge in [0, 0.05) is 29.5 Å². The number of ether oxygens (including phenoxy) is 1. The van der Waals surface area contributed by atoms with Gasteiger partial charge in [-0.1, -0.05) is 35.0 Å². The fourth-order valence-corrected chi connectivity index (χ4v) is 3.64. The Bertz CT molecular complexity index is 942. The number of halogens is 2. The van der Waals surface area contributed by atoms with Crippen molar-refractivity contribution >= 4 is 45.9 Å². The van der Waals surface area contributed by atoms with Crippen molar-refractivity contribution in [1.82, 2.24) is 9.55 Å². The van der Waals surface area contributed by atoms with Crippen molar-refractivity contribution in [2.75, 3.05) is 19.5 Å². The molecule has 2 aromatic carbocycles. The lowest BCUT2D eigenvalue weighted by Gasteiger charge is -2.13. The lowest BCUT2D eigenvalue weighted by atomic mass is 10.2. The predicted molar refractivity (Wildman–Crippen MR) is 105 cm³/mol. The van der Waals surface area contributed by atoms with Gasteiger partial charge in [-0.3, -0.25) is 9.36 Å². The SMILES string of the molecule is COCCCSc1nc2cc(Cl)ccc2c(=O)n1-c1ccc(Cl)cc1. The van der Waals surface area contributed by atoms with Gasteiger partial charge in [-0.25, -0.2) is 4.98 Å². The van der Waals surface area contributed by atoms with Crippen LogP contribution in [0, 0.1) is 0 Å². The summed E-state index contributed by atoms with van der Waals surface area (Å²) in [5.41, 5.74) is 1.20. The van der Waals surface area contributed by atoms with Gasteiger partial charge in [-0.15, -0.1) is 0 Å². The second kappa shape index (κ2) is 8.23. The van der Waals surface area contributed by atoms with E-state index in [4.69, 9.17) is 27.9 Å². The minimum Gasteiger partial charge on any atom is -0.385 e. The molecule has 1 heterocycles. The molecule has 0 bridgehead atoms. The number of nitrogens with zero attached hydrogens (tertiary/aromatic N) is 2. The van der Waals surface area contributed by atoms with E-state index in [2.05, 4.69) is 4.98 Å². The van der Waals surface area contributed by atoms with E-state index < -0.39 is 0 Å². The smallest absolute Gasteiger partial charge is 0.266 e. The average molecular weight is 395 g/mol. The molecule has 0 aliphatic carbocycles. The van der Waals surface area contributed by atoms with E-state index in [0.717, 1.165) is 17.9 Å². The molecule has 7 heteroatoms. The molecule has 0 unspecified atom stereocenters. The summed E-state index contributed by atoms with van der Waals surface area (Å²) < 4.78 is 6.70. The Labute approximate surface area is 159 Å². The van der Waals surface area contributed by atoms with E-state index in [1.807, 2.05) is 12.1 Å². The number of rotatable bonds is 6. The molecule has 25 heavy (non-hydrogen) atoms. The van der Waals surface area contributed by atoms with Crippen LogP contribution in [0.5, 0.6) is 0 Å². The van der Waals surface area contributed by atoms with Crippen LogP contribution < -0.4 is 5.56 Å². The van der Waals surface area contributed by atoms with Gasteiger partial charge in [0.2, 0.25) is 0 Å². The zero-order chi connectivity index (χ0) is 17.8. The number of methoxy groups -OCH3 is 1. The molecular formula is C18H16Cl2N2O2S. The normalized spacial score (nSPS) is 11.2. The first-order valence-corrected chi connectivity index (χ1v) is 9.44. The van der Waals surface area contributed by atoms with Crippen LogP contribution in [-0.2, 0) is 4.74 Å². The second-order valence-electron chi connectivity index (χ2n) is 5.37. The van der Waals surface area contributed by atoms with Gasteiger partial charge in [0.1, 0.15) is 0 Å². The lowest BCUT2D eigenvalue weighted by molar-refractivity contribution is 0.200. The van der Waals surface area contributed by atoms with Gasteiger partial charge >= 0.3 is 0 Å². The van der Waals surface area contributed by atoms with Crippen molar-refractivity contribution < 1.29 is 4.74 Å². The molecule has 0 amide bonds. The molecule has 0 atom stereocenters. The summed E-state index contributed by atoms with van der Waals surface area (Å²) in [4.78, 5) is 17.7. The fourth-order valence-electron chi connectivity index (χ4n) is 2.42. The van der Waals surface area contributed by atoms with Crippen LogP contribution in [0.15, 0.2) is 52.4 Å². The Kier molecular flexibility index (Phi) is 6.02. The highest BCUT2D eigenvalue weighted by atomic mass is 35.5. The predicted octanol–water partition coefficient (Wildman–Crippen LogP) is 4.82. The topological polar surface area (TPSA) is 44.1 Å². The Morgan fingerprint density at radius 2 is 1.84 bits per heavy atom. The Morgan fingerprint density at radius 3 is 2.56 bits per heavy atom. The van der Waals surface area contributed by atoms with E-state index in [-0.39, 0.29) is 5.56 Å². The minimum atomic E-state index is -0.127. The standard InChI is InChI=1S/C18H16Cl2N2O2S/c1-24-9-2-10-25-18-21-16-11-13(20)5-8-15(16)17(23)22(18)14-6-3-12(19)4-7-14/h3-8,11H,2,9-10H2,1H3. The zero-order valence-corrected chi connectivity index (χ0v) is 15.9. The first-order chi connectivity index (χ1) is 12.1. The molecule has 0 fully saturated rings. The monoisotopic (exact) mass is 394 g/mol. The van der Waals surface area contributed by atoms with E-state index in [1.54, 1.807) is 42.0 Å². The van der Waals surface area contributed by atoms with E-state index in [0.29, 0.717) is 32.7 Å². The van der Waals surface area contributed by atoms with Crippen LogP contribution in [0.3, 0.4) is 0 Å². The number of benzene rings is 2. The van der Waals surface area contributed by atoms with E-state index in [9.17, 15) is 4.79 Å². The molecule has 3 aromatic rings. The summed E-state index contributed by atoms with van der Waals surface area (Å²) in [5, 5.41) is 2.32. The number of hydrogen-bond donors (Lipinski definition) is 0. The Morgan fingerprint density at radius 1 is 1.12 bits per heavy atom. The molecule has 3 rings (SSSR count). The first kappa shape index (κ1) is 18.3. The van der Waals surface area contributed by atoms with Crippen molar-refractivity contribution in [3.05, 3.63) is 62.9 Å². The van der Waals surface area contributed by atoms with Crippen LogP contribution in [0.25, 0.3) is 16.6 Å². The van der Waals surface area contributed by atoms with Crippen LogP contribution in [0.4, 0.5) is 0 Å². The fraction of sp³-hybridized carbons (Fsp3) is 0.222. The van der Waals surface area contributed by atoms with Gasteiger partial charge in [0.05, 0.1) is 16.6 Å². The summed E-state index contributed by atoms with van der Waals surface area (Å²) in [7, 11) is 1.67. The third kappa shape index (κ3) is 4.18. The van der Waals surface area contributed by atoms with Crippen molar-refractivity contribution in [2.45, 2.75) is 11.6 Å².